The van der Waals surface area contributed by atoms with Crippen molar-refractivity contribution < 1.29 is 9.32 Å². The number of carbonyl (C=O) groups is 1. The number of hydrogen-bond donors (Lipinski definition) is 2. The lowest BCUT2D eigenvalue weighted by molar-refractivity contribution is 0.0887. The molecule has 1 aliphatic rings. The van der Waals surface area contributed by atoms with Gasteiger partial charge in [0.25, 0.3) is 5.91 Å². The van der Waals surface area contributed by atoms with Crippen LogP contribution >= 0.6 is 0 Å². The van der Waals surface area contributed by atoms with Gasteiger partial charge in [-0.2, -0.15) is 0 Å². The summed E-state index contributed by atoms with van der Waals surface area (Å²) in [5.41, 5.74) is 0.731. The van der Waals surface area contributed by atoms with Crippen molar-refractivity contribution in [3.8, 4) is 0 Å². The molecule has 5 heteroatoms. The van der Waals surface area contributed by atoms with E-state index in [0.29, 0.717) is 11.8 Å². The van der Waals surface area contributed by atoms with Gasteiger partial charge in [-0.05, 0) is 39.7 Å². The lowest BCUT2D eigenvalue weighted by Crippen LogP contribution is -2.41. The van der Waals surface area contributed by atoms with Crippen molar-refractivity contribution in [3.05, 3.63) is 17.5 Å². The minimum atomic E-state index is -0.154. The maximum atomic E-state index is 11.8. The molecule has 0 spiro atoms. The molecule has 0 aliphatic heterocycles. The van der Waals surface area contributed by atoms with Crippen LogP contribution in [0.3, 0.4) is 0 Å². The SMILES string of the molecule is CNC1CCC(NC(=O)c2cc(C)no2)CC1. The first-order chi connectivity index (χ1) is 8.19. The number of nitrogens with zero attached hydrogens (tertiary/aromatic N) is 1. The highest BCUT2D eigenvalue weighted by molar-refractivity contribution is 5.91. The molecule has 1 amide bonds. The molecule has 1 aromatic rings. The van der Waals surface area contributed by atoms with E-state index >= 15 is 0 Å². The van der Waals surface area contributed by atoms with Crippen molar-refractivity contribution in [2.45, 2.75) is 44.7 Å². The van der Waals surface area contributed by atoms with E-state index in [-0.39, 0.29) is 11.9 Å². The maximum Gasteiger partial charge on any atom is 0.290 e. The molecule has 5 nitrogen and oxygen atoms in total. The van der Waals surface area contributed by atoms with Gasteiger partial charge in [0.15, 0.2) is 0 Å². The van der Waals surface area contributed by atoms with Gasteiger partial charge < -0.3 is 15.2 Å². The Kier molecular flexibility index (Phi) is 3.78. The Labute approximate surface area is 101 Å². The molecule has 1 aliphatic carbocycles. The van der Waals surface area contributed by atoms with Crippen molar-refractivity contribution in [1.82, 2.24) is 15.8 Å². The van der Waals surface area contributed by atoms with Gasteiger partial charge in [0.1, 0.15) is 0 Å². The summed E-state index contributed by atoms with van der Waals surface area (Å²) in [5.74, 6) is 0.150. The van der Waals surface area contributed by atoms with Gasteiger partial charge in [0.2, 0.25) is 5.76 Å². The van der Waals surface area contributed by atoms with Crippen molar-refractivity contribution in [3.63, 3.8) is 0 Å². The zero-order chi connectivity index (χ0) is 12.3. The Morgan fingerprint density at radius 2 is 2.00 bits per heavy atom. The molecule has 2 rings (SSSR count). The van der Waals surface area contributed by atoms with E-state index in [1.165, 1.54) is 0 Å². The maximum absolute atomic E-state index is 11.8. The fraction of sp³-hybridized carbons (Fsp3) is 0.667. The molecule has 0 radical (unpaired) electrons. The highest BCUT2D eigenvalue weighted by Crippen LogP contribution is 2.18. The van der Waals surface area contributed by atoms with Gasteiger partial charge in [-0.25, -0.2) is 0 Å². The standard InChI is InChI=1S/C12H19N3O2/c1-8-7-11(17-15-8)12(16)14-10-5-3-9(13-2)4-6-10/h7,9-10,13H,3-6H2,1-2H3,(H,14,16). The highest BCUT2D eigenvalue weighted by Gasteiger charge is 2.22. The van der Waals surface area contributed by atoms with Crippen molar-refractivity contribution in [2.75, 3.05) is 7.05 Å². The van der Waals surface area contributed by atoms with Crippen molar-refractivity contribution in [1.29, 1.82) is 0 Å². The molecular weight excluding hydrogens is 218 g/mol. The topological polar surface area (TPSA) is 67.2 Å². The van der Waals surface area contributed by atoms with Gasteiger partial charge in [-0.15, -0.1) is 0 Å². The molecule has 1 fully saturated rings. The summed E-state index contributed by atoms with van der Waals surface area (Å²) in [7, 11) is 1.99. The van der Waals surface area contributed by atoms with E-state index in [4.69, 9.17) is 4.52 Å². The summed E-state index contributed by atoms with van der Waals surface area (Å²) in [5, 5.41) is 9.97. The number of aromatic nitrogens is 1. The molecule has 0 atom stereocenters. The molecule has 2 N–H and O–H groups in total. The third-order valence-corrected chi connectivity index (χ3v) is 3.32. The van der Waals surface area contributed by atoms with E-state index in [2.05, 4.69) is 15.8 Å². The van der Waals surface area contributed by atoms with Crippen LogP contribution < -0.4 is 10.6 Å². The Balaban J connectivity index is 1.84. The van der Waals surface area contributed by atoms with E-state index in [1.807, 2.05) is 7.05 Å². The monoisotopic (exact) mass is 237 g/mol. The first-order valence-corrected chi connectivity index (χ1v) is 6.10. The number of rotatable bonds is 3. The average Bonchev–Trinajstić information content (AvgIpc) is 2.77. The van der Waals surface area contributed by atoms with Gasteiger partial charge in [0, 0.05) is 18.2 Å². The van der Waals surface area contributed by atoms with Gasteiger partial charge in [0.05, 0.1) is 5.69 Å². The molecule has 1 aromatic heterocycles. The molecule has 0 bridgehead atoms. The predicted octanol–water partition coefficient (Wildman–Crippen LogP) is 1.24. The first-order valence-electron chi connectivity index (χ1n) is 6.10. The second kappa shape index (κ2) is 5.31. The summed E-state index contributed by atoms with van der Waals surface area (Å²) in [6.07, 6.45) is 4.25. The minimum Gasteiger partial charge on any atom is -0.351 e. The number of hydrogen-bond acceptors (Lipinski definition) is 4. The molecule has 94 valence electrons. The number of aryl methyl sites for hydroxylation is 1. The van der Waals surface area contributed by atoms with Gasteiger partial charge in [-0.3, -0.25) is 4.79 Å². The van der Waals surface area contributed by atoms with Crippen LogP contribution in [0.25, 0.3) is 0 Å². The van der Waals surface area contributed by atoms with Crippen LogP contribution in [0.15, 0.2) is 10.6 Å². The number of amides is 1. The van der Waals surface area contributed by atoms with Crippen LogP contribution in [-0.4, -0.2) is 30.2 Å². The van der Waals surface area contributed by atoms with E-state index in [9.17, 15) is 4.79 Å². The molecule has 1 saturated carbocycles. The lowest BCUT2D eigenvalue weighted by Gasteiger charge is -2.28. The predicted molar refractivity (Wildman–Crippen MR) is 63.8 cm³/mol. The van der Waals surface area contributed by atoms with Crippen LogP contribution in [0.2, 0.25) is 0 Å². The highest BCUT2D eigenvalue weighted by atomic mass is 16.5. The van der Waals surface area contributed by atoms with Crippen LogP contribution in [-0.2, 0) is 0 Å². The van der Waals surface area contributed by atoms with Crippen molar-refractivity contribution in [2.24, 2.45) is 0 Å². The van der Waals surface area contributed by atoms with Crippen molar-refractivity contribution >= 4 is 5.91 Å². The Morgan fingerprint density at radius 3 is 2.53 bits per heavy atom. The Bertz CT molecular complexity index is 381. The third-order valence-electron chi connectivity index (χ3n) is 3.32. The molecule has 0 saturated heterocycles. The Morgan fingerprint density at radius 1 is 1.35 bits per heavy atom. The fourth-order valence-corrected chi connectivity index (χ4v) is 2.25. The molecule has 0 unspecified atom stereocenters. The molecule has 17 heavy (non-hydrogen) atoms. The summed E-state index contributed by atoms with van der Waals surface area (Å²) in [6.45, 7) is 1.80. The second-order valence-corrected chi connectivity index (χ2v) is 4.64. The zero-order valence-corrected chi connectivity index (χ0v) is 10.3. The third kappa shape index (κ3) is 3.06. The average molecular weight is 237 g/mol. The number of nitrogens with one attached hydrogen (secondary N) is 2. The first kappa shape index (κ1) is 12.1. The van der Waals surface area contributed by atoms with Crippen LogP contribution in [0.1, 0.15) is 41.9 Å². The van der Waals surface area contributed by atoms with E-state index < -0.39 is 0 Å². The zero-order valence-electron chi connectivity index (χ0n) is 10.3. The summed E-state index contributed by atoms with van der Waals surface area (Å²) < 4.78 is 4.94. The normalized spacial score (nSPS) is 24.6. The molecule has 1 heterocycles. The lowest BCUT2D eigenvalue weighted by atomic mass is 9.91. The van der Waals surface area contributed by atoms with E-state index in [0.717, 1.165) is 31.4 Å². The quantitative estimate of drug-likeness (QED) is 0.830. The Hall–Kier alpha value is -1.36. The summed E-state index contributed by atoms with van der Waals surface area (Å²) in [4.78, 5) is 11.8. The smallest absolute Gasteiger partial charge is 0.290 e. The van der Waals surface area contributed by atoms with Crippen LogP contribution in [0.4, 0.5) is 0 Å². The van der Waals surface area contributed by atoms with E-state index in [1.54, 1.807) is 13.0 Å². The van der Waals surface area contributed by atoms with Crippen LogP contribution in [0.5, 0.6) is 0 Å². The fourth-order valence-electron chi connectivity index (χ4n) is 2.25. The van der Waals surface area contributed by atoms with Crippen LogP contribution in [0, 0.1) is 6.92 Å². The second-order valence-electron chi connectivity index (χ2n) is 4.64. The number of carbonyl (C=O) groups excluding carboxylic acids is 1. The summed E-state index contributed by atoms with van der Waals surface area (Å²) in [6, 6.07) is 2.52. The van der Waals surface area contributed by atoms with Gasteiger partial charge in [-0.1, -0.05) is 5.16 Å². The summed E-state index contributed by atoms with van der Waals surface area (Å²) >= 11 is 0. The molecular formula is C12H19N3O2. The largest absolute Gasteiger partial charge is 0.351 e. The minimum absolute atomic E-state index is 0.154. The molecule has 0 aromatic carbocycles. The van der Waals surface area contributed by atoms with Gasteiger partial charge >= 0.3 is 0 Å².